The van der Waals surface area contributed by atoms with Crippen LogP contribution in [0.4, 0.5) is 0 Å². The van der Waals surface area contributed by atoms with Crippen molar-refractivity contribution < 1.29 is 17.9 Å². The fourth-order valence-electron chi connectivity index (χ4n) is 1.44. The molecule has 21 heavy (non-hydrogen) atoms. The zero-order chi connectivity index (χ0) is 15.9. The molecule has 0 spiro atoms. The van der Waals surface area contributed by atoms with Gasteiger partial charge in [-0.3, -0.25) is 4.79 Å². The Kier molecular flexibility index (Phi) is 7.82. The van der Waals surface area contributed by atoms with Crippen molar-refractivity contribution in [3.05, 3.63) is 27.1 Å². The van der Waals surface area contributed by atoms with Gasteiger partial charge in [-0.2, -0.15) is 0 Å². The van der Waals surface area contributed by atoms with Gasteiger partial charge in [-0.05, 0) is 34.1 Å². The summed E-state index contributed by atoms with van der Waals surface area (Å²) in [7, 11) is -2.13. The molecule has 0 aliphatic carbocycles. The Morgan fingerprint density at radius 2 is 2.00 bits per heavy atom. The molecule has 1 aromatic rings. The third-order valence-electron chi connectivity index (χ3n) is 2.46. The first-order chi connectivity index (χ1) is 9.86. The SMILES string of the molecule is COCCNC(=O)CCNS(=O)(=O)c1cc(Br)ccc1Br. The second kappa shape index (κ2) is 8.84. The zero-order valence-corrected chi connectivity index (χ0v) is 15.3. The maximum Gasteiger partial charge on any atom is 0.241 e. The highest BCUT2D eigenvalue weighted by Crippen LogP contribution is 2.25. The number of amides is 1. The largest absolute Gasteiger partial charge is 0.383 e. The Morgan fingerprint density at radius 3 is 2.67 bits per heavy atom. The van der Waals surface area contributed by atoms with E-state index < -0.39 is 10.0 Å². The summed E-state index contributed by atoms with van der Waals surface area (Å²) in [5.74, 6) is -0.233. The number of carbonyl (C=O) groups excluding carboxylic acids is 1. The van der Waals surface area contributed by atoms with Gasteiger partial charge < -0.3 is 10.1 Å². The number of hydrogen-bond donors (Lipinski definition) is 2. The van der Waals surface area contributed by atoms with Crippen molar-refractivity contribution in [1.82, 2.24) is 10.0 Å². The minimum Gasteiger partial charge on any atom is -0.383 e. The molecule has 0 unspecified atom stereocenters. The summed E-state index contributed by atoms with van der Waals surface area (Å²) >= 11 is 6.42. The number of carbonyl (C=O) groups is 1. The highest BCUT2D eigenvalue weighted by molar-refractivity contribution is 9.11. The van der Waals surface area contributed by atoms with Gasteiger partial charge in [-0.1, -0.05) is 15.9 Å². The molecular weight excluding hydrogens is 428 g/mol. The lowest BCUT2D eigenvalue weighted by atomic mass is 10.4. The molecule has 1 amide bonds. The first-order valence-electron chi connectivity index (χ1n) is 6.07. The van der Waals surface area contributed by atoms with Crippen LogP contribution in [0.25, 0.3) is 0 Å². The maximum absolute atomic E-state index is 12.1. The van der Waals surface area contributed by atoms with E-state index in [-0.39, 0.29) is 23.8 Å². The Morgan fingerprint density at radius 1 is 1.29 bits per heavy atom. The number of rotatable bonds is 8. The Bertz CT molecular complexity index is 593. The molecule has 9 heteroatoms. The number of sulfonamides is 1. The van der Waals surface area contributed by atoms with Crippen molar-refractivity contribution in [3.63, 3.8) is 0 Å². The van der Waals surface area contributed by atoms with Crippen LogP contribution in [0.1, 0.15) is 6.42 Å². The number of halogens is 2. The fraction of sp³-hybridized carbons (Fsp3) is 0.417. The van der Waals surface area contributed by atoms with E-state index in [0.717, 1.165) is 0 Å². The van der Waals surface area contributed by atoms with Crippen molar-refractivity contribution >= 4 is 47.8 Å². The van der Waals surface area contributed by atoms with Gasteiger partial charge in [0, 0.05) is 35.6 Å². The van der Waals surface area contributed by atoms with Crippen molar-refractivity contribution in [2.24, 2.45) is 0 Å². The normalized spacial score (nSPS) is 11.4. The molecule has 0 saturated carbocycles. The average molecular weight is 444 g/mol. The van der Waals surface area contributed by atoms with Crippen molar-refractivity contribution in [1.29, 1.82) is 0 Å². The van der Waals surface area contributed by atoms with Gasteiger partial charge in [-0.15, -0.1) is 0 Å². The van der Waals surface area contributed by atoms with Crippen LogP contribution in [0.15, 0.2) is 32.0 Å². The molecule has 2 N–H and O–H groups in total. The number of hydrogen-bond acceptors (Lipinski definition) is 4. The van der Waals surface area contributed by atoms with Crippen LogP contribution < -0.4 is 10.0 Å². The second-order valence-corrected chi connectivity index (χ2v) is 7.57. The molecular formula is C12H16Br2N2O4S. The first kappa shape index (κ1) is 18.6. The van der Waals surface area contributed by atoms with Crippen LogP contribution in [0.2, 0.25) is 0 Å². The van der Waals surface area contributed by atoms with E-state index in [9.17, 15) is 13.2 Å². The van der Waals surface area contributed by atoms with Crippen LogP contribution in [0.3, 0.4) is 0 Å². The lowest BCUT2D eigenvalue weighted by Gasteiger charge is -2.09. The van der Waals surface area contributed by atoms with E-state index in [1.165, 1.54) is 13.2 Å². The predicted molar refractivity (Wildman–Crippen MR) is 86.5 cm³/mol. The molecule has 0 radical (unpaired) electrons. The summed E-state index contributed by atoms with van der Waals surface area (Å²) in [4.78, 5) is 11.6. The molecule has 118 valence electrons. The van der Waals surface area contributed by atoms with E-state index in [0.29, 0.717) is 22.1 Å². The van der Waals surface area contributed by atoms with E-state index in [1.807, 2.05) is 0 Å². The lowest BCUT2D eigenvalue weighted by molar-refractivity contribution is -0.121. The highest BCUT2D eigenvalue weighted by atomic mass is 79.9. The smallest absolute Gasteiger partial charge is 0.241 e. The molecule has 0 aliphatic heterocycles. The summed E-state index contributed by atoms with van der Waals surface area (Å²) in [6, 6.07) is 4.85. The summed E-state index contributed by atoms with van der Waals surface area (Å²) < 4.78 is 32.6. The Hall–Kier alpha value is -0.480. The van der Waals surface area contributed by atoms with Gasteiger partial charge in [0.15, 0.2) is 0 Å². The standard InChI is InChI=1S/C12H16Br2N2O4S/c1-20-7-6-15-12(17)4-5-16-21(18,19)11-8-9(13)2-3-10(11)14/h2-3,8,16H,4-7H2,1H3,(H,15,17). The molecule has 0 saturated heterocycles. The fourth-order valence-corrected chi connectivity index (χ4v) is 3.97. The van der Waals surface area contributed by atoms with Gasteiger partial charge in [0.25, 0.3) is 0 Å². The van der Waals surface area contributed by atoms with E-state index in [4.69, 9.17) is 4.74 Å². The summed E-state index contributed by atoms with van der Waals surface area (Å²) in [6.45, 7) is 0.849. The lowest BCUT2D eigenvalue weighted by Crippen LogP contribution is -2.32. The van der Waals surface area contributed by atoms with Crippen LogP contribution in [0.5, 0.6) is 0 Å². The van der Waals surface area contributed by atoms with Crippen LogP contribution >= 0.6 is 31.9 Å². The highest BCUT2D eigenvalue weighted by Gasteiger charge is 2.17. The quantitative estimate of drug-likeness (QED) is 0.598. The number of methoxy groups -OCH3 is 1. The van der Waals surface area contributed by atoms with E-state index in [2.05, 4.69) is 41.9 Å². The van der Waals surface area contributed by atoms with Crippen LogP contribution in [-0.2, 0) is 19.6 Å². The van der Waals surface area contributed by atoms with Crippen molar-refractivity contribution in [2.75, 3.05) is 26.8 Å². The molecule has 0 bridgehead atoms. The molecule has 1 aromatic carbocycles. The summed E-state index contributed by atoms with van der Waals surface area (Å²) in [5, 5.41) is 2.61. The molecule has 6 nitrogen and oxygen atoms in total. The van der Waals surface area contributed by atoms with Gasteiger partial charge >= 0.3 is 0 Å². The summed E-state index contributed by atoms with van der Waals surface area (Å²) in [6.07, 6.45) is 0.0641. The monoisotopic (exact) mass is 442 g/mol. The summed E-state index contributed by atoms with van der Waals surface area (Å²) in [5.41, 5.74) is 0. The molecule has 0 aliphatic rings. The third-order valence-corrected chi connectivity index (χ3v) is 5.40. The first-order valence-corrected chi connectivity index (χ1v) is 9.14. The van der Waals surface area contributed by atoms with Gasteiger partial charge in [0.2, 0.25) is 15.9 Å². The Balaban J connectivity index is 2.54. The molecule has 0 fully saturated rings. The van der Waals surface area contributed by atoms with E-state index >= 15 is 0 Å². The van der Waals surface area contributed by atoms with Gasteiger partial charge in [-0.25, -0.2) is 13.1 Å². The van der Waals surface area contributed by atoms with Crippen LogP contribution in [-0.4, -0.2) is 41.1 Å². The maximum atomic E-state index is 12.1. The van der Waals surface area contributed by atoms with Crippen LogP contribution in [0, 0.1) is 0 Å². The zero-order valence-electron chi connectivity index (χ0n) is 11.4. The van der Waals surface area contributed by atoms with Gasteiger partial charge in [0.1, 0.15) is 0 Å². The number of ether oxygens (including phenoxy) is 1. The minimum absolute atomic E-state index is 0.0279. The average Bonchev–Trinajstić information content (AvgIpc) is 2.41. The second-order valence-electron chi connectivity index (χ2n) is 4.07. The minimum atomic E-state index is -3.67. The van der Waals surface area contributed by atoms with Crippen molar-refractivity contribution in [2.45, 2.75) is 11.3 Å². The van der Waals surface area contributed by atoms with Crippen molar-refractivity contribution in [3.8, 4) is 0 Å². The van der Waals surface area contributed by atoms with Gasteiger partial charge in [0.05, 0.1) is 11.5 Å². The van der Waals surface area contributed by atoms with E-state index in [1.54, 1.807) is 12.1 Å². The predicted octanol–water partition coefficient (Wildman–Crippen LogP) is 1.64. The number of benzene rings is 1. The third kappa shape index (κ3) is 6.43. The molecule has 1 rings (SSSR count). The molecule has 0 heterocycles. The Labute approximate surface area is 140 Å². The topological polar surface area (TPSA) is 84.5 Å². The number of nitrogens with one attached hydrogen (secondary N) is 2. The molecule has 0 atom stereocenters. The molecule has 0 aromatic heterocycles.